The Kier molecular flexibility index (Phi) is 10.3. The van der Waals surface area contributed by atoms with Crippen LogP contribution in [0.1, 0.15) is 24.8 Å². The summed E-state index contributed by atoms with van der Waals surface area (Å²) in [5.41, 5.74) is 0.949. The Hall–Kier alpha value is -2.17. The van der Waals surface area contributed by atoms with Crippen molar-refractivity contribution in [3.8, 4) is 0 Å². The lowest BCUT2D eigenvalue weighted by molar-refractivity contribution is -0.141. The SMILES string of the molecule is COC(=O)CCC(=O)/C=C/C=C/C=C/C(=O)CCc1ccc(Cl)c(Cl)c1. The number of ketones is 2. The number of hydrogen-bond donors (Lipinski definition) is 0. The van der Waals surface area contributed by atoms with Gasteiger partial charge in [0.2, 0.25) is 0 Å². The normalized spacial score (nSPS) is 11.5. The third-order valence-corrected chi connectivity index (χ3v) is 4.08. The van der Waals surface area contributed by atoms with Gasteiger partial charge in [0, 0.05) is 12.8 Å². The minimum atomic E-state index is -0.412. The molecule has 0 fully saturated rings. The van der Waals surface area contributed by atoms with Gasteiger partial charge in [0.05, 0.1) is 23.6 Å². The molecule has 0 aromatic heterocycles. The van der Waals surface area contributed by atoms with Crippen LogP contribution in [0.15, 0.2) is 54.7 Å². The van der Waals surface area contributed by atoms with Gasteiger partial charge in [-0.2, -0.15) is 0 Å². The molecule has 0 amide bonds. The van der Waals surface area contributed by atoms with Crippen molar-refractivity contribution >= 4 is 40.7 Å². The van der Waals surface area contributed by atoms with Crippen molar-refractivity contribution in [2.24, 2.45) is 0 Å². The maximum atomic E-state index is 11.8. The molecule has 1 aromatic carbocycles. The predicted octanol–water partition coefficient (Wildman–Crippen LogP) is 4.69. The summed E-state index contributed by atoms with van der Waals surface area (Å²) >= 11 is 11.8. The fourth-order valence-corrected chi connectivity index (χ4v) is 2.23. The second-order valence-corrected chi connectivity index (χ2v) is 6.17. The van der Waals surface area contributed by atoms with Crippen molar-refractivity contribution in [1.29, 1.82) is 0 Å². The fraction of sp³-hybridized carbons (Fsp3) is 0.250. The molecule has 26 heavy (non-hydrogen) atoms. The van der Waals surface area contributed by atoms with Crippen LogP contribution >= 0.6 is 23.2 Å². The summed E-state index contributed by atoms with van der Waals surface area (Å²) in [6, 6.07) is 5.30. The van der Waals surface area contributed by atoms with E-state index >= 15 is 0 Å². The monoisotopic (exact) mass is 394 g/mol. The van der Waals surface area contributed by atoms with Gasteiger partial charge in [-0.3, -0.25) is 14.4 Å². The molecular formula is C20H20Cl2O4. The first-order valence-corrected chi connectivity index (χ1v) is 8.75. The Balaban J connectivity index is 2.31. The fourth-order valence-electron chi connectivity index (χ4n) is 1.91. The van der Waals surface area contributed by atoms with Gasteiger partial charge in [-0.25, -0.2) is 0 Å². The molecule has 0 unspecified atom stereocenters. The predicted molar refractivity (Wildman–Crippen MR) is 103 cm³/mol. The molecule has 0 radical (unpaired) electrons. The highest BCUT2D eigenvalue weighted by molar-refractivity contribution is 6.42. The first kappa shape index (κ1) is 21.9. The molecule has 0 aliphatic heterocycles. The standard InChI is InChI=1S/C20H20Cl2O4/c1-26-20(25)13-11-17(24)7-5-3-2-4-6-16(23)10-8-15-9-12-18(21)19(22)14-15/h2-7,9,12,14H,8,10-11,13H2,1H3/b3-2+,6-4+,7-5+. The van der Waals surface area contributed by atoms with E-state index in [1.165, 1.54) is 19.3 Å². The smallest absolute Gasteiger partial charge is 0.305 e. The molecule has 6 heteroatoms. The first-order valence-electron chi connectivity index (χ1n) is 8.00. The molecule has 1 rings (SSSR count). The van der Waals surface area contributed by atoms with Crippen molar-refractivity contribution in [3.05, 3.63) is 70.3 Å². The van der Waals surface area contributed by atoms with Crippen molar-refractivity contribution in [2.45, 2.75) is 25.7 Å². The van der Waals surface area contributed by atoms with E-state index in [-0.39, 0.29) is 24.4 Å². The molecule has 0 N–H and O–H groups in total. The Morgan fingerprint density at radius 1 is 0.885 bits per heavy atom. The molecule has 138 valence electrons. The number of methoxy groups -OCH3 is 1. The van der Waals surface area contributed by atoms with Gasteiger partial charge in [-0.15, -0.1) is 0 Å². The zero-order chi connectivity index (χ0) is 19.4. The van der Waals surface area contributed by atoms with Crippen LogP contribution in [-0.2, 0) is 25.5 Å². The summed E-state index contributed by atoms with van der Waals surface area (Å²) in [7, 11) is 1.28. The minimum absolute atomic E-state index is 0.0149. The van der Waals surface area contributed by atoms with Crippen LogP contribution < -0.4 is 0 Å². The lowest BCUT2D eigenvalue weighted by Crippen LogP contribution is -2.03. The highest BCUT2D eigenvalue weighted by Crippen LogP contribution is 2.23. The molecule has 4 nitrogen and oxygen atoms in total. The summed E-state index contributed by atoms with van der Waals surface area (Å²) in [5, 5.41) is 0.964. The second kappa shape index (κ2) is 12.2. The molecular weight excluding hydrogens is 375 g/mol. The van der Waals surface area contributed by atoms with Gasteiger partial charge in [-0.05, 0) is 36.3 Å². The summed E-state index contributed by atoms with van der Waals surface area (Å²) in [6.45, 7) is 0. The molecule has 0 spiro atoms. The van der Waals surface area contributed by atoms with E-state index in [2.05, 4.69) is 4.74 Å². The molecule has 0 aliphatic rings. The van der Waals surface area contributed by atoms with Gasteiger partial charge in [-0.1, -0.05) is 53.6 Å². The Morgan fingerprint density at radius 2 is 1.50 bits per heavy atom. The number of ether oxygens (including phenoxy) is 1. The molecule has 0 atom stereocenters. The summed E-state index contributed by atoms with van der Waals surface area (Å²) in [6.07, 6.45) is 10.4. The Morgan fingerprint density at radius 3 is 2.08 bits per heavy atom. The van der Waals surface area contributed by atoms with E-state index < -0.39 is 5.97 Å². The van der Waals surface area contributed by atoms with Crippen molar-refractivity contribution in [2.75, 3.05) is 7.11 Å². The number of carbonyl (C=O) groups excluding carboxylic acids is 3. The van der Waals surface area contributed by atoms with Crippen LogP contribution in [0.25, 0.3) is 0 Å². The zero-order valence-electron chi connectivity index (χ0n) is 14.4. The third-order valence-electron chi connectivity index (χ3n) is 3.34. The lowest BCUT2D eigenvalue weighted by Gasteiger charge is -2.01. The Labute approximate surface area is 163 Å². The number of esters is 1. The highest BCUT2D eigenvalue weighted by Gasteiger charge is 2.03. The number of rotatable bonds is 10. The van der Waals surface area contributed by atoms with Crippen LogP contribution in [0.2, 0.25) is 10.0 Å². The van der Waals surface area contributed by atoms with Crippen LogP contribution in [0, 0.1) is 0 Å². The van der Waals surface area contributed by atoms with Crippen molar-refractivity contribution in [3.63, 3.8) is 0 Å². The molecule has 0 aliphatic carbocycles. The van der Waals surface area contributed by atoms with Crippen LogP contribution in [0.5, 0.6) is 0 Å². The maximum absolute atomic E-state index is 11.8. The van der Waals surface area contributed by atoms with E-state index in [0.29, 0.717) is 22.9 Å². The average Bonchev–Trinajstić information content (AvgIpc) is 2.63. The van der Waals surface area contributed by atoms with E-state index in [0.717, 1.165) is 5.56 Å². The first-order chi connectivity index (χ1) is 12.4. The number of hydrogen-bond acceptors (Lipinski definition) is 4. The van der Waals surface area contributed by atoms with Gasteiger partial charge in [0.1, 0.15) is 0 Å². The lowest BCUT2D eigenvalue weighted by atomic mass is 10.1. The van der Waals surface area contributed by atoms with E-state index in [1.807, 2.05) is 6.07 Å². The zero-order valence-corrected chi connectivity index (χ0v) is 15.9. The molecule has 0 bridgehead atoms. The van der Waals surface area contributed by atoms with E-state index in [1.54, 1.807) is 36.4 Å². The number of carbonyl (C=O) groups is 3. The summed E-state index contributed by atoms with van der Waals surface area (Å²) in [5.74, 6) is -0.592. The van der Waals surface area contributed by atoms with E-state index in [4.69, 9.17) is 23.2 Å². The number of benzene rings is 1. The summed E-state index contributed by atoms with van der Waals surface area (Å²) < 4.78 is 4.46. The quantitative estimate of drug-likeness (QED) is 0.328. The van der Waals surface area contributed by atoms with Gasteiger partial charge in [0.25, 0.3) is 0 Å². The largest absolute Gasteiger partial charge is 0.469 e. The van der Waals surface area contributed by atoms with Crippen LogP contribution in [0.3, 0.4) is 0 Å². The van der Waals surface area contributed by atoms with E-state index in [9.17, 15) is 14.4 Å². The second-order valence-electron chi connectivity index (χ2n) is 5.36. The summed E-state index contributed by atoms with van der Waals surface area (Å²) in [4.78, 5) is 34.1. The topological polar surface area (TPSA) is 60.4 Å². The third kappa shape index (κ3) is 9.35. The van der Waals surface area contributed by atoms with Crippen molar-refractivity contribution < 1.29 is 19.1 Å². The minimum Gasteiger partial charge on any atom is -0.469 e. The highest BCUT2D eigenvalue weighted by atomic mass is 35.5. The molecule has 0 saturated heterocycles. The average molecular weight is 395 g/mol. The van der Waals surface area contributed by atoms with Gasteiger partial charge >= 0.3 is 5.97 Å². The van der Waals surface area contributed by atoms with Crippen molar-refractivity contribution in [1.82, 2.24) is 0 Å². The number of allylic oxidation sites excluding steroid dienone is 6. The molecule has 1 aromatic rings. The maximum Gasteiger partial charge on any atom is 0.305 e. The van der Waals surface area contributed by atoms with Gasteiger partial charge in [0.15, 0.2) is 11.6 Å². The van der Waals surface area contributed by atoms with Crippen LogP contribution in [0.4, 0.5) is 0 Å². The number of halogens is 2. The molecule has 0 heterocycles. The Bertz CT molecular complexity index is 733. The van der Waals surface area contributed by atoms with Gasteiger partial charge < -0.3 is 4.74 Å². The molecule has 0 saturated carbocycles. The number of aryl methyl sites for hydroxylation is 1. The van der Waals surface area contributed by atoms with Crippen LogP contribution in [-0.4, -0.2) is 24.6 Å².